The number of hydrogen-bond acceptors (Lipinski definition) is 4. The number of fused-ring (bicyclic) bond motifs is 1. The summed E-state index contributed by atoms with van der Waals surface area (Å²) in [4.78, 5) is 39.6. The van der Waals surface area contributed by atoms with E-state index in [4.69, 9.17) is 0 Å². The van der Waals surface area contributed by atoms with Crippen molar-refractivity contribution < 1.29 is 19.5 Å². The number of aliphatic carboxylic acids is 1. The number of aryl methyl sites for hydroxylation is 1. The molecule has 1 amide bonds. The summed E-state index contributed by atoms with van der Waals surface area (Å²) in [6.07, 6.45) is 3.17. The number of aromatic nitrogens is 1. The Balaban J connectivity index is 1.53. The predicted octanol–water partition coefficient (Wildman–Crippen LogP) is 5.53. The molecule has 2 heterocycles. The minimum atomic E-state index is -0.735. The van der Waals surface area contributed by atoms with Gasteiger partial charge in [0, 0.05) is 18.7 Å². The lowest BCUT2D eigenvalue weighted by atomic mass is 9.79. The van der Waals surface area contributed by atoms with Crippen molar-refractivity contribution in [2.45, 2.75) is 52.5 Å². The molecular weight excluding hydrogens is 436 g/mol. The highest BCUT2D eigenvalue weighted by molar-refractivity contribution is 7.17. The van der Waals surface area contributed by atoms with Crippen molar-refractivity contribution in [2.24, 2.45) is 11.8 Å². The lowest BCUT2D eigenvalue weighted by Crippen LogP contribution is -2.34. The monoisotopic (exact) mass is 466 g/mol. The number of carbonyl (C=O) groups excluding carboxylic acids is 2. The number of thiophene rings is 1. The summed E-state index contributed by atoms with van der Waals surface area (Å²) < 4.78 is 2.86. The molecular formula is C26H30N2O4S. The fourth-order valence-electron chi connectivity index (χ4n) is 4.88. The number of nitrogens with zero attached hydrogens (tertiary/aromatic N) is 2. The van der Waals surface area contributed by atoms with Gasteiger partial charge in [0.25, 0.3) is 0 Å². The van der Waals surface area contributed by atoms with Crippen LogP contribution in [0.3, 0.4) is 0 Å². The molecule has 6 nitrogen and oxygen atoms in total. The fourth-order valence-corrected chi connectivity index (χ4v) is 5.70. The maximum Gasteiger partial charge on any atom is 0.306 e. The molecule has 1 aliphatic rings. The molecule has 3 aromatic rings. The topological polar surface area (TPSA) is 79.6 Å². The van der Waals surface area contributed by atoms with Crippen LogP contribution in [0.1, 0.15) is 55.1 Å². The zero-order valence-corrected chi connectivity index (χ0v) is 19.9. The van der Waals surface area contributed by atoms with Crippen molar-refractivity contribution in [1.82, 2.24) is 4.57 Å². The highest BCUT2D eigenvalue weighted by Crippen LogP contribution is 2.33. The average molecular weight is 467 g/mol. The van der Waals surface area contributed by atoms with Gasteiger partial charge in [-0.05, 0) is 80.7 Å². The number of benzene rings is 1. The third-order valence-corrected chi connectivity index (χ3v) is 7.56. The SMILES string of the molecule is CCN(C(=O)Cn1c(C(=O)CC2CCC(C(=O)O)CC2)cc2sccc21)c1cccc(C)c1. The minimum absolute atomic E-state index is 0.0311. The second-order valence-corrected chi connectivity index (χ2v) is 9.89. The zero-order chi connectivity index (χ0) is 23.5. The molecule has 33 heavy (non-hydrogen) atoms. The van der Waals surface area contributed by atoms with Gasteiger partial charge in [0.2, 0.25) is 5.91 Å². The molecule has 0 bridgehead atoms. The Morgan fingerprint density at radius 3 is 2.55 bits per heavy atom. The lowest BCUT2D eigenvalue weighted by Gasteiger charge is -2.26. The molecule has 4 rings (SSSR count). The Hall–Kier alpha value is -2.93. The molecule has 7 heteroatoms. The molecule has 1 N–H and O–H groups in total. The van der Waals surface area contributed by atoms with Crippen LogP contribution >= 0.6 is 11.3 Å². The third kappa shape index (κ3) is 5.03. The van der Waals surface area contributed by atoms with E-state index in [9.17, 15) is 19.5 Å². The molecule has 0 spiro atoms. The number of anilines is 1. The zero-order valence-electron chi connectivity index (χ0n) is 19.1. The molecule has 1 aromatic carbocycles. The van der Waals surface area contributed by atoms with Gasteiger partial charge in [0.15, 0.2) is 5.78 Å². The van der Waals surface area contributed by atoms with Crippen LogP contribution < -0.4 is 4.90 Å². The van der Waals surface area contributed by atoms with Crippen molar-refractivity contribution in [3.05, 3.63) is 53.0 Å². The summed E-state index contributed by atoms with van der Waals surface area (Å²) in [6.45, 7) is 4.61. The fraction of sp³-hybridized carbons (Fsp3) is 0.423. The van der Waals surface area contributed by atoms with E-state index >= 15 is 0 Å². The maximum absolute atomic E-state index is 13.3. The molecule has 0 unspecified atom stereocenters. The van der Waals surface area contributed by atoms with Gasteiger partial charge < -0.3 is 14.6 Å². The van der Waals surface area contributed by atoms with Gasteiger partial charge in [-0.15, -0.1) is 11.3 Å². The molecule has 0 radical (unpaired) electrons. The standard InChI is InChI=1S/C26H30N2O4S/c1-3-27(20-6-4-5-17(2)13-20)25(30)16-28-21-11-12-33-24(21)15-22(28)23(29)14-18-7-9-19(10-8-18)26(31)32/h4-6,11-13,15,18-19H,3,7-10,14,16H2,1-2H3,(H,31,32). The van der Waals surface area contributed by atoms with Crippen LogP contribution in [0, 0.1) is 18.8 Å². The lowest BCUT2D eigenvalue weighted by molar-refractivity contribution is -0.143. The van der Waals surface area contributed by atoms with Crippen LogP contribution in [0.4, 0.5) is 5.69 Å². The van der Waals surface area contributed by atoms with Crippen molar-refractivity contribution in [3.63, 3.8) is 0 Å². The van der Waals surface area contributed by atoms with E-state index in [-0.39, 0.29) is 30.1 Å². The number of hydrogen-bond donors (Lipinski definition) is 1. The Kier molecular flexibility index (Phi) is 6.98. The van der Waals surface area contributed by atoms with Crippen LogP contribution in [-0.4, -0.2) is 33.9 Å². The van der Waals surface area contributed by atoms with Crippen LogP contribution in [0.25, 0.3) is 10.2 Å². The molecule has 1 fully saturated rings. The van der Waals surface area contributed by atoms with Crippen molar-refractivity contribution in [1.29, 1.82) is 0 Å². The second kappa shape index (κ2) is 9.91. The van der Waals surface area contributed by atoms with E-state index in [2.05, 4.69) is 0 Å². The van der Waals surface area contributed by atoms with E-state index in [0.717, 1.165) is 34.3 Å². The molecule has 0 saturated heterocycles. The van der Waals surface area contributed by atoms with E-state index in [1.54, 1.807) is 16.2 Å². The molecule has 1 aliphatic carbocycles. The number of carbonyl (C=O) groups is 3. The van der Waals surface area contributed by atoms with Crippen LogP contribution in [0.15, 0.2) is 41.8 Å². The second-order valence-electron chi connectivity index (χ2n) is 8.95. The van der Waals surface area contributed by atoms with Gasteiger partial charge in [-0.2, -0.15) is 0 Å². The predicted molar refractivity (Wildman–Crippen MR) is 131 cm³/mol. The molecule has 1 saturated carbocycles. The summed E-state index contributed by atoms with van der Waals surface area (Å²) in [5, 5.41) is 11.2. The number of amides is 1. The summed E-state index contributed by atoms with van der Waals surface area (Å²) in [6, 6.07) is 11.7. The largest absolute Gasteiger partial charge is 0.481 e. The normalized spacial score (nSPS) is 18.4. The van der Waals surface area contributed by atoms with Crippen LogP contribution in [0.5, 0.6) is 0 Å². The number of Topliss-reactive ketones (excluding diaryl/α,β-unsaturated/α-hetero) is 1. The van der Waals surface area contributed by atoms with E-state index in [0.29, 0.717) is 31.5 Å². The van der Waals surface area contributed by atoms with E-state index in [1.807, 2.05) is 60.2 Å². The number of ketones is 1. The van der Waals surface area contributed by atoms with E-state index in [1.165, 1.54) is 0 Å². The van der Waals surface area contributed by atoms with Gasteiger partial charge in [0.05, 0.1) is 21.8 Å². The first kappa shape index (κ1) is 23.2. The number of carboxylic acid groups (broad SMARTS) is 1. The van der Waals surface area contributed by atoms with Crippen molar-refractivity contribution >= 4 is 44.9 Å². The highest BCUT2D eigenvalue weighted by atomic mass is 32.1. The Morgan fingerprint density at radius 1 is 1.12 bits per heavy atom. The van der Waals surface area contributed by atoms with Gasteiger partial charge in [-0.3, -0.25) is 14.4 Å². The van der Waals surface area contributed by atoms with Gasteiger partial charge >= 0.3 is 5.97 Å². The maximum atomic E-state index is 13.3. The molecule has 174 valence electrons. The van der Waals surface area contributed by atoms with E-state index < -0.39 is 5.97 Å². The summed E-state index contributed by atoms with van der Waals surface area (Å²) >= 11 is 1.57. The van der Waals surface area contributed by atoms with Crippen molar-refractivity contribution in [3.8, 4) is 0 Å². The minimum Gasteiger partial charge on any atom is -0.481 e. The van der Waals surface area contributed by atoms with Gasteiger partial charge in [-0.25, -0.2) is 0 Å². The molecule has 0 aliphatic heterocycles. The van der Waals surface area contributed by atoms with Crippen LogP contribution in [0.2, 0.25) is 0 Å². The first-order valence-corrected chi connectivity index (χ1v) is 12.4. The third-order valence-electron chi connectivity index (χ3n) is 6.70. The highest BCUT2D eigenvalue weighted by Gasteiger charge is 2.29. The summed E-state index contributed by atoms with van der Waals surface area (Å²) in [5.41, 5.74) is 3.44. The molecule has 2 aromatic heterocycles. The number of rotatable bonds is 8. The van der Waals surface area contributed by atoms with Gasteiger partial charge in [-0.1, -0.05) is 12.1 Å². The van der Waals surface area contributed by atoms with Crippen LogP contribution in [-0.2, 0) is 16.1 Å². The first-order valence-electron chi connectivity index (χ1n) is 11.6. The smallest absolute Gasteiger partial charge is 0.306 e. The number of carboxylic acids is 1. The Morgan fingerprint density at radius 2 is 1.88 bits per heavy atom. The summed E-state index contributed by atoms with van der Waals surface area (Å²) in [5.74, 6) is -0.845. The summed E-state index contributed by atoms with van der Waals surface area (Å²) in [7, 11) is 0. The van der Waals surface area contributed by atoms with Gasteiger partial charge in [0.1, 0.15) is 6.54 Å². The Bertz CT molecular complexity index is 1170. The average Bonchev–Trinajstić information content (AvgIpc) is 3.37. The number of likely N-dealkylation sites (N-methyl/N-ethyl adjacent to an activating group) is 1. The first-order chi connectivity index (χ1) is 15.9. The quantitative estimate of drug-likeness (QED) is 0.443. The van der Waals surface area contributed by atoms with Crippen molar-refractivity contribution in [2.75, 3.05) is 11.4 Å². The Labute approximate surface area is 197 Å². The molecule has 0 atom stereocenters.